The monoisotopic (exact) mass is 498 g/mol. The van der Waals surface area contributed by atoms with Crippen molar-refractivity contribution in [3.8, 4) is 0 Å². The zero-order valence-corrected chi connectivity index (χ0v) is 23.7. The number of methoxy groups -OCH3 is 1. The van der Waals surface area contributed by atoms with Crippen LogP contribution in [0.4, 0.5) is 0 Å². The van der Waals surface area contributed by atoms with E-state index in [0.717, 1.165) is 38.5 Å². The average Bonchev–Trinajstić information content (AvgIpc) is 3.36. The summed E-state index contributed by atoms with van der Waals surface area (Å²) in [5, 5.41) is 0. The number of carbonyl (C=O) groups excluding carboxylic acids is 3. The van der Waals surface area contributed by atoms with E-state index in [9.17, 15) is 14.4 Å². The largest absolute Gasteiger partial charge is 0.469 e. The second-order valence-electron chi connectivity index (χ2n) is 14.5. The second-order valence-corrected chi connectivity index (χ2v) is 14.5. The highest BCUT2D eigenvalue weighted by Gasteiger charge is 2.66. The Morgan fingerprint density at radius 3 is 2.33 bits per heavy atom. The van der Waals surface area contributed by atoms with Gasteiger partial charge in [-0.3, -0.25) is 14.4 Å². The maximum Gasteiger partial charge on any atom is 0.309 e. The van der Waals surface area contributed by atoms with Crippen LogP contribution < -0.4 is 0 Å². The van der Waals surface area contributed by atoms with Gasteiger partial charge >= 0.3 is 5.97 Å². The summed E-state index contributed by atoms with van der Waals surface area (Å²) in [5.41, 5.74) is 0.935. The molecule has 1 saturated heterocycles. The standard InChI is InChI=1S/C31H46O5/c1-27(2)23-10-9-21-20(29(23,5)14-13-24(27)33)12-16-30(6)19(11-15-31(21,30)7)18(26(34)35-8)17-22(32)25-28(3,4)36-25/h9,18-20,23,25H,10-17H2,1-8H3/t18-,19-,20-,23-,25-,29+,30-,31+/m0/s1. The predicted octanol–water partition coefficient (Wildman–Crippen LogP) is 6.09. The molecule has 0 amide bonds. The van der Waals surface area contributed by atoms with Gasteiger partial charge in [-0.05, 0) is 86.4 Å². The Morgan fingerprint density at radius 2 is 1.72 bits per heavy atom. The quantitative estimate of drug-likeness (QED) is 0.261. The van der Waals surface area contributed by atoms with Crippen LogP contribution in [-0.2, 0) is 23.9 Å². The molecule has 0 aromatic heterocycles. The Morgan fingerprint density at radius 1 is 1.06 bits per heavy atom. The molecule has 0 aromatic carbocycles. The first kappa shape index (κ1) is 26.1. The molecular weight excluding hydrogens is 452 g/mol. The van der Waals surface area contributed by atoms with Crippen molar-refractivity contribution in [2.45, 2.75) is 112 Å². The fourth-order valence-corrected chi connectivity index (χ4v) is 9.79. The first-order valence-corrected chi connectivity index (χ1v) is 14.2. The van der Waals surface area contributed by atoms with Gasteiger partial charge in [-0.15, -0.1) is 0 Å². The van der Waals surface area contributed by atoms with E-state index in [1.165, 1.54) is 7.11 Å². The Balaban J connectivity index is 1.47. The molecule has 0 radical (unpaired) electrons. The average molecular weight is 499 g/mol. The minimum absolute atomic E-state index is 0.00909. The third-order valence-electron chi connectivity index (χ3n) is 12.3. The van der Waals surface area contributed by atoms with E-state index >= 15 is 0 Å². The molecule has 0 aromatic rings. The highest BCUT2D eigenvalue weighted by molar-refractivity contribution is 5.90. The summed E-state index contributed by atoms with van der Waals surface area (Å²) in [4.78, 5) is 39.1. The van der Waals surface area contributed by atoms with Crippen LogP contribution in [0.5, 0.6) is 0 Å². The summed E-state index contributed by atoms with van der Waals surface area (Å²) < 4.78 is 10.9. The molecule has 200 valence electrons. The van der Waals surface area contributed by atoms with Gasteiger partial charge in [-0.1, -0.05) is 46.3 Å². The van der Waals surface area contributed by atoms with Gasteiger partial charge in [0, 0.05) is 18.3 Å². The minimum Gasteiger partial charge on any atom is -0.469 e. The van der Waals surface area contributed by atoms with Crippen molar-refractivity contribution in [1.82, 2.24) is 0 Å². The third-order valence-corrected chi connectivity index (χ3v) is 12.3. The number of epoxide rings is 1. The van der Waals surface area contributed by atoms with E-state index in [-0.39, 0.29) is 45.8 Å². The number of hydrogen-bond donors (Lipinski definition) is 0. The Hall–Kier alpha value is -1.49. The van der Waals surface area contributed by atoms with Crippen LogP contribution in [-0.4, -0.2) is 36.4 Å². The van der Waals surface area contributed by atoms with E-state index in [1.807, 2.05) is 13.8 Å². The first-order chi connectivity index (χ1) is 16.6. The lowest BCUT2D eigenvalue weighted by molar-refractivity contribution is -0.153. The van der Waals surface area contributed by atoms with Crippen LogP contribution in [0.1, 0.15) is 99.8 Å². The topological polar surface area (TPSA) is 73.0 Å². The van der Waals surface area contributed by atoms with E-state index in [1.54, 1.807) is 5.57 Å². The van der Waals surface area contributed by atoms with Gasteiger partial charge in [0.15, 0.2) is 5.78 Å². The molecule has 3 saturated carbocycles. The molecule has 4 fully saturated rings. The van der Waals surface area contributed by atoms with Crippen LogP contribution in [0.25, 0.3) is 0 Å². The van der Waals surface area contributed by atoms with Crippen molar-refractivity contribution in [3.05, 3.63) is 11.6 Å². The van der Waals surface area contributed by atoms with Crippen LogP contribution in [0.3, 0.4) is 0 Å². The zero-order valence-electron chi connectivity index (χ0n) is 23.7. The molecule has 0 unspecified atom stereocenters. The minimum atomic E-state index is -0.426. The summed E-state index contributed by atoms with van der Waals surface area (Å²) >= 11 is 0. The van der Waals surface area contributed by atoms with Gasteiger partial charge in [-0.2, -0.15) is 0 Å². The van der Waals surface area contributed by atoms with Crippen LogP contribution in [0.2, 0.25) is 0 Å². The first-order valence-electron chi connectivity index (χ1n) is 14.2. The van der Waals surface area contributed by atoms with Gasteiger partial charge in [0.2, 0.25) is 0 Å². The normalized spacial score (nSPS) is 45.0. The van der Waals surface area contributed by atoms with Crippen molar-refractivity contribution >= 4 is 17.5 Å². The Labute approximate surface area is 217 Å². The van der Waals surface area contributed by atoms with E-state index < -0.39 is 17.6 Å². The lowest BCUT2D eigenvalue weighted by Crippen LogP contribution is -2.57. The number of allylic oxidation sites excluding steroid dienone is 2. The molecule has 1 aliphatic heterocycles. The van der Waals surface area contributed by atoms with Crippen LogP contribution >= 0.6 is 0 Å². The fraction of sp³-hybridized carbons (Fsp3) is 0.839. The Bertz CT molecular complexity index is 1020. The molecule has 1 heterocycles. The third kappa shape index (κ3) is 3.39. The number of rotatable bonds is 5. The van der Waals surface area contributed by atoms with E-state index in [2.05, 4.69) is 40.7 Å². The van der Waals surface area contributed by atoms with Crippen LogP contribution in [0.15, 0.2) is 11.6 Å². The van der Waals surface area contributed by atoms with Gasteiger partial charge in [-0.25, -0.2) is 0 Å². The van der Waals surface area contributed by atoms with Gasteiger partial charge < -0.3 is 9.47 Å². The lowest BCUT2D eigenvalue weighted by atomic mass is 9.41. The molecule has 0 bridgehead atoms. The molecule has 4 aliphatic carbocycles. The molecule has 36 heavy (non-hydrogen) atoms. The van der Waals surface area contributed by atoms with E-state index in [4.69, 9.17) is 9.47 Å². The molecule has 5 nitrogen and oxygen atoms in total. The van der Waals surface area contributed by atoms with E-state index in [0.29, 0.717) is 24.0 Å². The SMILES string of the molecule is COC(=O)[C@@H](CC(=O)[C@@H]1OC1(C)C)[C@@H]1CC[C@]2(C)C3=CC[C@H]4C(C)(C)C(=O)CC[C@]4(C)[C@H]3CC[C@@]12C. The molecular formula is C31H46O5. The highest BCUT2D eigenvalue weighted by atomic mass is 16.6. The van der Waals surface area contributed by atoms with Crippen molar-refractivity contribution in [2.24, 2.45) is 45.3 Å². The van der Waals surface area contributed by atoms with Gasteiger partial charge in [0.05, 0.1) is 18.6 Å². The van der Waals surface area contributed by atoms with Crippen molar-refractivity contribution in [3.63, 3.8) is 0 Å². The fourth-order valence-electron chi connectivity index (χ4n) is 9.79. The molecule has 5 rings (SSSR count). The smallest absolute Gasteiger partial charge is 0.309 e. The Kier molecular flexibility index (Phi) is 5.81. The molecule has 5 aliphatic rings. The number of Topliss-reactive ketones (excluding diaryl/α,β-unsaturated/α-hetero) is 2. The zero-order chi connectivity index (χ0) is 26.5. The number of ketones is 2. The molecule has 8 atom stereocenters. The summed E-state index contributed by atoms with van der Waals surface area (Å²) in [5.74, 6) is 0.746. The second kappa shape index (κ2) is 8.01. The molecule has 0 N–H and O–H groups in total. The highest BCUT2D eigenvalue weighted by Crippen LogP contribution is 2.73. The number of esters is 1. The van der Waals surface area contributed by atoms with Crippen molar-refractivity contribution in [2.75, 3.05) is 7.11 Å². The van der Waals surface area contributed by atoms with Gasteiger partial charge in [0.1, 0.15) is 11.9 Å². The lowest BCUT2D eigenvalue weighted by Gasteiger charge is -2.63. The van der Waals surface area contributed by atoms with Crippen LogP contribution in [0, 0.1) is 45.3 Å². The number of ether oxygens (including phenoxy) is 2. The predicted molar refractivity (Wildman–Crippen MR) is 138 cm³/mol. The molecule has 0 spiro atoms. The summed E-state index contributed by atoms with van der Waals surface area (Å²) in [6.07, 6.45) is 9.02. The van der Waals surface area contributed by atoms with Crippen molar-refractivity contribution < 1.29 is 23.9 Å². The summed E-state index contributed by atoms with van der Waals surface area (Å²) in [6.45, 7) is 15.5. The molecule has 5 heteroatoms. The van der Waals surface area contributed by atoms with Gasteiger partial charge in [0.25, 0.3) is 0 Å². The number of carbonyl (C=O) groups is 3. The number of hydrogen-bond acceptors (Lipinski definition) is 5. The maximum atomic E-state index is 13.1. The van der Waals surface area contributed by atoms with Crippen molar-refractivity contribution in [1.29, 1.82) is 0 Å². The maximum absolute atomic E-state index is 13.1. The number of fused-ring (bicyclic) bond motifs is 5. The summed E-state index contributed by atoms with van der Waals surface area (Å²) in [6, 6.07) is 0. The summed E-state index contributed by atoms with van der Waals surface area (Å²) in [7, 11) is 1.45.